The van der Waals surface area contributed by atoms with Crippen molar-refractivity contribution in [3.8, 4) is 11.5 Å². The number of carbonyl (C=O) groups is 2. The molecule has 156 valence electrons. The second kappa shape index (κ2) is 7.91. The molecule has 0 saturated carbocycles. The first-order valence-electron chi connectivity index (χ1n) is 10.6. The van der Waals surface area contributed by atoms with E-state index in [0.29, 0.717) is 31.0 Å². The smallest absolute Gasteiger partial charge is 0.298 e. The molecule has 0 fully saturated rings. The van der Waals surface area contributed by atoms with E-state index in [2.05, 4.69) is 29.6 Å². The van der Waals surface area contributed by atoms with E-state index in [4.69, 9.17) is 9.47 Å². The Balaban J connectivity index is 1.77. The average molecular weight is 413 g/mol. The number of ketones is 1. The predicted molar refractivity (Wildman–Crippen MR) is 120 cm³/mol. The molecule has 1 heterocycles. The van der Waals surface area contributed by atoms with E-state index in [9.17, 15) is 9.59 Å². The quantitative estimate of drug-likeness (QED) is 0.572. The third-order valence-electron chi connectivity index (χ3n) is 6.07. The molecule has 5 heteroatoms. The van der Waals surface area contributed by atoms with E-state index < -0.39 is 0 Å². The van der Waals surface area contributed by atoms with E-state index in [1.165, 1.54) is 0 Å². The van der Waals surface area contributed by atoms with E-state index in [1.807, 2.05) is 31.2 Å². The predicted octanol–water partition coefficient (Wildman–Crippen LogP) is 5.34. The number of nitrogens with one attached hydrogen (secondary N) is 1. The van der Waals surface area contributed by atoms with E-state index in [1.54, 1.807) is 6.07 Å². The zero-order valence-corrected chi connectivity index (χ0v) is 17.3. The van der Waals surface area contributed by atoms with Crippen molar-refractivity contribution in [1.82, 2.24) is 0 Å². The van der Waals surface area contributed by atoms with Gasteiger partial charge in [-0.15, -0.1) is 0 Å². The van der Waals surface area contributed by atoms with Crippen LogP contribution in [0.15, 0.2) is 65.9 Å². The summed E-state index contributed by atoms with van der Waals surface area (Å²) in [4.78, 5) is 24.1. The molecule has 5 rings (SSSR count). The van der Waals surface area contributed by atoms with Crippen molar-refractivity contribution in [2.75, 3.05) is 11.9 Å². The van der Waals surface area contributed by atoms with E-state index in [-0.39, 0.29) is 11.7 Å². The Labute approximate surface area is 180 Å². The zero-order chi connectivity index (χ0) is 21.4. The minimum absolute atomic E-state index is 0.184. The molecule has 0 saturated heterocycles. The summed E-state index contributed by atoms with van der Waals surface area (Å²) in [5, 5.41) is 5.80. The lowest BCUT2D eigenvalue weighted by atomic mass is 9.74. The second-order valence-electron chi connectivity index (χ2n) is 7.83. The van der Waals surface area contributed by atoms with Gasteiger partial charge in [-0.25, -0.2) is 0 Å². The Morgan fingerprint density at radius 1 is 1.06 bits per heavy atom. The molecule has 0 radical (unpaired) electrons. The second-order valence-corrected chi connectivity index (χ2v) is 7.83. The first-order valence-corrected chi connectivity index (χ1v) is 10.6. The highest BCUT2D eigenvalue weighted by Gasteiger charge is 2.36. The molecule has 1 aliphatic heterocycles. The summed E-state index contributed by atoms with van der Waals surface area (Å²) in [5.74, 6) is 0.841. The van der Waals surface area contributed by atoms with Crippen molar-refractivity contribution >= 4 is 28.7 Å². The Morgan fingerprint density at radius 2 is 1.94 bits per heavy atom. The van der Waals surface area contributed by atoms with Crippen molar-refractivity contribution in [1.29, 1.82) is 0 Å². The molecule has 1 aliphatic carbocycles. The Bertz CT molecular complexity index is 1230. The molecule has 1 atom stereocenters. The van der Waals surface area contributed by atoms with Crippen LogP contribution >= 0.6 is 0 Å². The average Bonchev–Trinajstić information content (AvgIpc) is 2.79. The molecule has 5 nitrogen and oxygen atoms in total. The Hall–Kier alpha value is -3.60. The summed E-state index contributed by atoms with van der Waals surface area (Å²) in [7, 11) is 0. The highest BCUT2D eigenvalue weighted by atomic mass is 16.5. The lowest BCUT2D eigenvalue weighted by molar-refractivity contribution is -0.120. The number of anilines is 1. The first-order chi connectivity index (χ1) is 15.2. The maximum Gasteiger partial charge on any atom is 0.298 e. The van der Waals surface area contributed by atoms with Crippen molar-refractivity contribution in [3.63, 3.8) is 0 Å². The van der Waals surface area contributed by atoms with Crippen LogP contribution in [0.5, 0.6) is 11.5 Å². The Morgan fingerprint density at radius 3 is 2.77 bits per heavy atom. The highest BCUT2D eigenvalue weighted by molar-refractivity contribution is 6.04. The molecular weight excluding hydrogens is 390 g/mol. The van der Waals surface area contributed by atoms with Gasteiger partial charge in [-0.1, -0.05) is 36.4 Å². The normalized spacial score (nSPS) is 17.6. The van der Waals surface area contributed by atoms with Crippen LogP contribution in [0.25, 0.3) is 10.8 Å². The number of carbonyl (C=O) groups excluding carboxylic acids is 2. The molecule has 0 bridgehead atoms. The molecular formula is C26H23NO4. The van der Waals surface area contributed by atoms with Gasteiger partial charge in [-0.2, -0.15) is 0 Å². The number of fused-ring (bicyclic) bond motifs is 3. The van der Waals surface area contributed by atoms with Crippen LogP contribution in [-0.4, -0.2) is 18.9 Å². The fourth-order valence-corrected chi connectivity index (χ4v) is 4.81. The Kier molecular flexibility index (Phi) is 4.94. The van der Waals surface area contributed by atoms with Crippen molar-refractivity contribution < 1.29 is 19.1 Å². The fraction of sp³-hybridized carbons (Fsp3) is 0.231. The minimum Gasteiger partial charge on any atom is -0.490 e. The van der Waals surface area contributed by atoms with Crippen LogP contribution < -0.4 is 14.8 Å². The summed E-state index contributed by atoms with van der Waals surface area (Å²) >= 11 is 0. The van der Waals surface area contributed by atoms with Gasteiger partial charge in [0, 0.05) is 29.3 Å². The number of rotatable bonds is 5. The topological polar surface area (TPSA) is 64.6 Å². The van der Waals surface area contributed by atoms with Crippen LogP contribution in [-0.2, 0) is 9.59 Å². The SMILES string of the molecule is CCOc1cc(C2C3=C(CCCC3=O)Nc3ccc4ccccc4c32)ccc1OC=O. The molecule has 31 heavy (non-hydrogen) atoms. The number of benzene rings is 3. The summed E-state index contributed by atoms with van der Waals surface area (Å²) < 4.78 is 10.9. The molecule has 0 aromatic heterocycles. The van der Waals surface area contributed by atoms with Crippen LogP contribution in [0.1, 0.15) is 43.2 Å². The van der Waals surface area contributed by atoms with Gasteiger partial charge in [-0.05, 0) is 59.9 Å². The standard InChI is InChI=1S/C26H23NO4/c1-2-30-23-14-17(11-13-22(23)31-15-28)24-25-18-7-4-3-6-16(18)10-12-20(25)27-19-8-5-9-21(29)26(19)24/h3-4,6-7,10-15,24,27H,2,5,8-9H2,1H3. The minimum atomic E-state index is -0.213. The molecule has 3 aromatic rings. The third-order valence-corrected chi connectivity index (χ3v) is 6.07. The molecule has 3 aromatic carbocycles. The van der Waals surface area contributed by atoms with Crippen LogP contribution in [0, 0.1) is 0 Å². The summed E-state index contributed by atoms with van der Waals surface area (Å²) in [5.41, 5.74) is 4.92. The summed E-state index contributed by atoms with van der Waals surface area (Å²) in [6.07, 6.45) is 2.27. The number of hydrogen-bond acceptors (Lipinski definition) is 5. The molecule has 1 unspecified atom stereocenters. The molecule has 2 aliphatic rings. The van der Waals surface area contributed by atoms with Gasteiger partial charge in [-0.3, -0.25) is 9.59 Å². The monoisotopic (exact) mass is 413 g/mol. The van der Waals surface area contributed by atoms with Gasteiger partial charge in [0.25, 0.3) is 6.47 Å². The van der Waals surface area contributed by atoms with Crippen LogP contribution in [0.2, 0.25) is 0 Å². The lowest BCUT2D eigenvalue weighted by Crippen LogP contribution is -2.27. The molecule has 1 N–H and O–H groups in total. The van der Waals surface area contributed by atoms with Gasteiger partial charge in [0.15, 0.2) is 17.3 Å². The molecule has 0 amide bonds. The number of hydrogen-bond donors (Lipinski definition) is 1. The van der Waals surface area contributed by atoms with E-state index >= 15 is 0 Å². The number of Topliss-reactive ketones (excluding diaryl/α,β-unsaturated/α-hetero) is 1. The maximum absolute atomic E-state index is 13.1. The van der Waals surface area contributed by atoms with Gasteiger partial charge in [0.05, 0.1) is 6.61 Å². The number of ether oxygens (including phenoxy) is 2. The summed E-state index contributed by atoms with van der Waals surface area (Å²) in [6.45, 7) is 2.73. The highest BCUT2D eigenvalue weighted by Crippen LogP contribution is 2.49. The van der Waals surface area contributed by atoms with Crippen molar-refractivity contribution in [2.24, 2.45) is 0 Å². The van der Waals surface area contributed by atoms with Gasteiger partial charge >= 0.3 is 0 Å². The fourth-order valence-electron chi connectivity index (χ4n) is 4.81. The largest absolute Gasteiger partial charge is 0.490 e. The van der Waals surface area contributed by atoms with Gasteiger partial charge in [0.1, 0.15) is 0 Å². The summed E-state index contributed by atoms with van der Waals surface area (Å²) in [6, 6.07) is 18.0. The van der Waals surface area contributed by atoms with Crippen LogP contribution in [0.3, 0.4) is 0 Å². The van der Waals surface area contributed by atoms with Gasteiger partial charge < -0.3 is 14.8 Å². The van der Waals surface area contributed by atoms with Crippen LogP contribution in [0.4, 0.5) is 5.69 Å². The van der Waals surface area contributed by atoms with Crippen molar-refractivity contribution in [2.45, 2.75) is 32.1 Å². The zero-order valence-electron chi connectivity index (χ0n) is 17.3. The third kappa shape index (κ3) is 3.26. The first kappa shape index (κ1) is 19.4. The molecule has 0 spiro atoms. The van der Waals surface area contributed by atoms with E-state index in [0.717, 1.165) is 51.7 Å². The van der Waals surface area contributed by atoms with Gasteiger partial charge in [0.2, 0.25) is 0 Å². The maximum atomic E-state index is 13.1. The van der Waals surface area contributed by atoms with Crippen molar-refractivity contribution in [3.05, 3.63) is 77.0 Å². The number of allylic oxidation sites excluding steroid dienone is 2. The lowest BCUT2D eigenvalue weighted by Gasteiger charge is -2.35.